The number of hydrogen-bond donors (Lipinski definition) is 1. The molecule has 0 unspecified atom stereocenters. The number of fused-ring (bicyclic) bond motifs is 1. The van der Waals surface area contributed by atoms with Crippen LogP contribution in [0.4, 0.5) is 0 Å². The Balaban J connectivity index is 2.10. The molecule has 1 aliphatic rings. The first-order valence-electron chi connectivity index (χ1n) is 5.61. The van der Waals surface area contributed by atoms with Crippen molar-refractivity contribution in [2.45, 2.75) is 13.5 Å². The van der Waals surface area contributed by atoms with Crippen LogP contribution < -0.4 is 9.47 Å². The molecule has 0 aliphatic carbocycles. The number of aryl methyl sites for hydroxylation is 1. The van der Waals surface area contributed by atoms with Crippen LogP contribution in [0.5, 0.6) is 11.5 Å². The first kappa shape index (κ1) is 11.0. The van der Waals surface area contributed by atoms with Crippen molar-refractivity contribution in [1.29, 1.82) is 0 Å². The third kappa shape index (κ3) is 1.78. The Morgan fingerprint density at radius 1 is 1.28 bits per heavy atom. The van der Waals surface area contributed by atoms with Crippen LogP contribution in [-0.4, -0.2) is 21.9 Å². The predicted octanol–water partition coefficient (Wildman–Crippen LogP) is 1.67. The Morgan fingerprint density at radius 3 is 2.83 bits per heavy atom. The number of ether oxygens (including phenoxy) is 2. The van der Waals surface area contributed by atoms with E-state index in [2.05, 4.69) is 9.97 Å². The molecule has 1 aliphatic heterocycles. The lowest BCUT2D eigenvalue weighted by Crippen LogP contribution is -1.96. The molecule has 1 aromatic carbocycles. The van der Waals surface area contributed by atoms with Crippen molar-refractivity contribution >= 4 is 0 Å². The second-order valence-corrected chi connectivity index (χ2v) is 4.04. The van der Waals surface area contributed by atoms with E-state index in [0.717, 1.165) is 28.3 Å². The molecule has 1 N–H and O–H groups in total. The molecule has 0 saturated carbocycles. The SMILES string of the molecule is Cc1cc2c(cc1-c1ccnc(CO)n1)OCO2. The van der Waals surface area contributed by atoms with E-state index in [1.807, 2.05) is 25.1 Å². The maximum atomic E-state index is 9.06. The standard InChI is InChI=1S/C13H12N2O3/c1-8-4-11-12(18-7-17-11)5-9(8)10-2-3-14-13(6-16)15-10/h2-5,16H,6-7H2,1H3. The molecule has 0 spiro atoms. The zero-order chi connectivity index (χ0) is 12.5. The molecule has 5 nitrogen and oxygen atoms in total. The molecule has 0 fully saturated rings. The van der Waals surface area contributed by atoms with Gasteiger partial charge in [-0.1, -0.05) is 0 Å². The average Bonchev–Trinajstić information content (AvgIpc) is 2.85. The molecule has 0 radical (unpaired) electrons. The fourth-order valence-electron chi connectivity index (χ4n) is 1.94. The van der Waals surface area contributed by atoms with Gasteiger partial charge in [0.15, 0.2) is 17.3 Å². The molecule has 3 rings (SSSR count). The lowest BCUT2D eigenvalue weighted by Gasteiger charge is -2.07. The minimum Gasteiger partial charge on any atom is -0.454 e. The van der Waals surface area contributed by atoms with Gasteiger partial charge in [0.25, 0.3) is 0 Å². The van der Waals surface area contributed by atoms with E-state index in [1.54, 1.807) is 6.20 Å². The zero-order valence-electron chi connectivity index (χ0n) is 9.88. The van der Waals surface area contributed by atoms with Crippen LogP contribution >= 0.6 is 0 Å². The quantitative estimate of drug-likeness (QED) is 0.870. The number of aliphatic hydroxyl groups is 1. The summed E-state index contributed by atoms with van der Waals surface area (Å²) in [5.74, 6) is 1.89. The van der Waals surface area contributed by atoms with Crippen LogP contribution in [0.1, 0.15) is 11.4 Å². The smallest absolute Gasteiger partial charge is 0.231 e. The molecule has 2 aromatic rings. The summed E-state index contributed by atoms with van der Waals surface area (Å²) >= 11 is 0. The van der Waals surface area contributed by atoms with Crippen LogP contribution in [0, 0.1) is 6.92 Å². The van der Waals surface area contributed by atoms with Gasteiger partial charge in [-0.3, -0.25) is 0 Å². The number of benzene rings is 1. The average molecular weight is 244 g/mol. The van der Waals surface area contributed by atoms with Crippen LogP contribution in [-0.2, 0) is 6.61 Å². The molecule has 0 saturated heterocycles. The molecule has 92 valence electrons. The Labute approximate surface area is 104 Å². The maximum Gasteiger partial charge on any atom is 0.231 e. The van der Waals surface area contributed by atoms with Gasteiger partial charge in [-0.15, -0.1) is 0 Å². The number of aliphatic hydroxyl groups excluding tert-OH is 1. The predicted molar refractivity (Wildman–Crippen MR) is 64.3 cm³/mol. The summed E-state index contributed by atoms with van der Waals surface area (Å²) in [6.07, 6.45) is 1.64. The van der Waals surface area contributed by atoms with Crippen molar-refractivity contribution in [3.05, 3.63) is 35.8 Å². The van der Waals surface area contributed by atoms with Gasteiger partial charge in [0.1, 0.15) is 6.61 Å². The highest BCUT2D eigenvalue weighted by Crippen LogP contribution is 2.37. The molecular formula is C13H12N2O3. The van der Waals surface area contributed by atoms with Gasteiger partial charge < -0.3 is 14.6 Å². The summed E-state index contributed by atoms with van der Waals surface area (Å²) < 4.78 is 10.7. The van der Waals surface area contributed by atoms with E-state index in [9.17, 15) is 0 Å². The van der Waals surface area contributed by atoms with E-state index in [1.165, 1.54) is 0 Å². The summed E-state index contributed by atoms with van der Waals surface area (Å²) in [5.41, 5.74) is 2.77. The van der Waals surface area contributed by atoms with E-state index in [0.29, 0.717) is 5.82 Å². The first-order chi connectivity index (χ1) is 8.78. The highest BCUT2D eigenvalue weighted by Gasteiger charge is 2.17. The fourth-order valence-corrected chi connectivity index (χ4v) is 1.94. The summed E-state index contributed by atoms with van der Waals surface area (Å²) in [5, 5.41) is 9.06. The van der Waals surface area contributed by atoms with E-state index >= 15 is 0 Å². The number of aromatic nitrogens is 2. The van der Waals surface area contributed by atoms with E-state index < -0.39 is 0 Å². The van der Waals surface area contributed by atoms with Gasteiger partial charge in [-0.25, -0.2) is 9.97 Å². The van der Waals surface area contributed by atoms with Crippen molar-refractivity contribution in [3.8, 4) is 22.8 Å². The summed E-state index contributed by atoms with van der Waals surface area (Å²) in [6.45, 7) is 2.07. The molecule has 18 heavy (non-hydrogen) atoms. The Hall–Kier alpha value is -2.14. The van der Waals surface area contributed by atoms with Crippen molar-refractivity contribution in [3.63, 3.8) is 0 Å². The van der Waals surface area contributed by atoms with Gasteiger partial charge in [-0.2, -0.15) is 0 Å². The van der Waals surface area contributed by atoms with Crippen LogP contribution in [0.15, 0.2) is 24.4 Å². The van der Waals surface area contributed by atoms with Crippen LogP contribution in [0.25, 0.3) is 11.3 Å². The van der Waals surface area contributed by atoms with Gasteiger partial charge in [-0.05, 0) is 30.7 Å². The second-order valence-electron chi connectivity index (χ2n) is 4.04. The van der Waals surface area contributed by atoms with Crippen molar-refractivity contribution in [2.75, 3.05) is 6.79 Å². The fraction of sp³-hybridized carbons (Fsp3) is 0.231. The minimum absolute atomic E-state index is 0.169. The molecule has 1 aromatic heterocycles. The number of rotatable bonds is 2. The first-order valence-corrected chi connectivity index (χ1v) is 5.61. The molecule has 0 atom stereocenters. The summed E-state index contributed by atoms with van der Waals surface area (Å²) in [7, 11) is 0. The third-order valence-electron chi connectivity index (χ3n) is 2.84. The van der Waals surface area contributed by atoms with Gasteiger partial charge in [0.2, 0.25) is 6.79 Å². The van der Waals surface area contributed by atoms with E-state index in [4.69, 9.17) is 14.6 Å². The Morgan fingerprint density at radius 2 is 2.06 bits per heavy atom. The molecule has 5 heteroatoms. The largest absolute Gasteiger partial charge is 0.454 e. The molecular weight excluding hydrogens is 232 g/mol. The second kappa shape index (κ2) is 4.27. The van der Waals surface area contributed by atoms with Crippen LogP contribution in [0.3, 0.4) is 0 Å². The monoisotopic (exact) mass is 244 g/mol. The Bertz CT molecular complexity index is 599. The van der Waals surface area contributed by atoms with Gasteiger partial charge >= 0.3 is 0 Å². The zero-order valence-corrected chi connectivity index (χ0v) is 9.88. The number of hydrogen-bond acceptors (Lipinski definition) is 5. The lowest BCUT2D eigenvalue weighted by molar-refractivity contribution is 0.174. The number of nitrogens with zero attached hydrogens (tertiary/aromatic N) is 2. The van der Waals surface area contributed by atoms with Crippen LogP contribution in [0.2, 0.25) is 0 Å². The lowest BCUT2D eigenvalue weighted by atomic mass is 10.0. The molecule has 0 bridgehead atoms. The maximum absolute atomic E-state index is 9.06. The van der Waals surface area contributed by atoms with E-state index in [-0.39, 0.29) is 13.4 Å². The third-order valence-corrected chi connectivity index (χ3v) is 2.84. The topological polar surface area (TPSA) is 64.5 Å². The normalized spacial score (nSPS) is 12.8. The van der Waals surface area contributed by atoms with Crippen molar-refractivity contribution in [1.82, 2.24) is 9.97 Å². The van der Waals surface area contributed by atoms with Gasteiger partial charge in [0, 0.05) is 11.8 Å². The summed E-state index contributed by atoms with van der Waals surface area (Å²) in [6, 6.07) is 5.64. The molecule has 0 amide bonds. The highest BCUT2D eigenvalue weighted by atomic mass is 16.7. The molecule has 2 heterocycles. The van der Waals surface area contributed by atoms with Crippen molar-refractivity contribution < 1.29 is 14.6 Å². The summed E-state index contributed by atoms with van der Waals surface area (Å²) in [4.78, 5) is 8.26. The Kier molecular flexibility index (Phi) is 2.60. The van der Waals surface area contributed by atoms with Gasteiger partial charge in [0.05, 0.1) is 5.69 Å². The highest BCUT2D eigenvalue weighted by molar-refractivity contribution is 5.68. The minimum atomic E-state index is -0.169. The van der Waals surface area contributed by atoms with Crippen molar-refractivity contribution in [2.24, 2.45) is 0 Å².